The molecule has 0 unspecified atom stereocenters. The number of nitrogens with one attached hydrogen (secondary N) is 2. The molecule has 1 amide bonds. The third-order valence-corrected chi connectivity index (χ3v) is 3.02. The first-order valence-corrected chi connectivity index (χ1v) is 6.82. The van der Waals surface area contributed by atoms with Crippen molar-refractivity contribution in [3.63, 3.8) is 0 Å². The predicted molar refractivity (Wildman–Crippen MR) is 76.8 cm³/mol. The number of carbonyl (C=O) groups is 1. The van der Waals surface area contributed by atoms with E-state index in [9.17, 15) is 4.79 Å². The standard InChI is InChI=1S/C13H15N3O2S/c1-2-18-11-6-4-3-5-10(11)16-12(17)9-15-13-14-7-8-19-13/h3-8H,2,9H2,1H3,(H,14,15)(H,16,17). The average Bonchev–Trinajstić information content (AvgIpc) is 2.92. The highest BCUT2D eigenvalue weighted by molar-refractivity contribution is 7.13. The lowest BCUT2D eigenvalue weighted by Crippen LogP contribution is -2.22. The number of hydrogen-bond acceptors (Lipinski definition) is 5. The molecule has 0 saturated carbocycles. The Bertz CT molecular complexity index is 528. The number of para-hydroxylation sites is 2. The summed E-state index contributed by atoms with van der Waals surface area (Å²) < 4.78 is 5.44. The molecule has 6 heteroatoms. The zero-order valence-electron chi connectivity index (χ0n) is 10.6. The van der Waals surface area contributed by atoms with Gasteiger partial charge in [-0.15, -0.1) is 11.3 Å². The minimum Gasteiger partial charge on any atom is -0.492 e. The van der Waals surface area contributed by atoms with Gasteiger partial charge in [0.2, 0.25) is 5.91 Å². The number of ether oxygens (including phenoxy) is 1. The SMILES string of the molecule is CCOc1ccccc1NC(=O)CNc1nccs1. The number of hydrogen-bond donors (Lipinski definition) is 2. The molecule has 0 atom stereocenters. The van der Waals surface area contributed by atoms with E-state index in [0.29, 0.717) is 18.0 Å². The molecule has 1 aromatic heterocycles. The van der Waals surface area contributed by atoms with Gasteiger partial charge in [-0.2, -0.15) is 0 Å². The lowest BCUT2D eigenvalue weighted by molar-refractivity contribution is -0.114. The van der Waals surface area contributed by atoms with Gasteiger partial charge in [-0.05, 0) is 19.1 Å². The van der Waals surface area contributed by atoms with Crippen LogP contribution in [-0.4, -0.2) is 24.0 Å². The molecular weight excluding hydrogens is 262 g/mol. The quantitative estimate of drug-likeness (QED) is 0.852. The van der Waals surface area contributed by atoms with Crippen molar-refractivity contribution in [1.29, 1.82) is 0 Å². The van der Waals surface area contributed by atoms with Gasteiger partial charge in [-0.1, -0.05) is 12.1 Å². The Morgan fingerprint density at radius 1 is 1.42 bits per heavy atom. The van der Waals surface area contributed by atoms with Gasteiger partial charge in [0.25, 0.3) is 0 Å². The monoisotopic (exact) mass is 277 g/mol. The van der Waals surface area contributed by atoms with E-state index in [1.165, 1.54) is 11.3 Å². The average molecular weight is 277 g/mol. The van der Waals surface area contributed by atoms with Crippen molar-refractivity contribution >= 4 is 28.1 Å². The predicted octanol–water partition coefficient (Wildman–Crippen LogP) is 2.59. The van der Waals surface area contributed by atoms with Gasteiger partial charge in [-0.25, -0.2) is 4.98 Å². The van der Waals surface area contributed by atoms with Crippen LogP contribution in [0.25, 0.3) is 0 Å². The van der Waals surface area contributed by atoms with Crippen molar-refractivity contribution in [1.82, 2.24) is 4.98 Å². The topological polar surface area (TPSA) is 63.2 Å². The molecule has 5 nitrogen and oxygen atoms in total. The van der Waals surface area contributed by atoms with Gasteiger partial charge in [0.1, 0.15) is 5.75 Å². The highest BCUT2D eigenvalue weighted by Crippen LogP contribution is 2.23. The molecule has 0 radical (unpaired) electrons. The van der Waals surface area contributed by atoms with Crippen LogP contribution in [0.15, 0.2) is 35.8 Å². The van der Waals surface area contributed by atoms with Crippen LogP contribution in [-0.2, 0) is 4.79 Å². The summed E-state index contributed by atoms with van der Waals surface area (Å²) in [5.74, 6) is 0.537. The van der Waals surface area contributed by atoms with Crippen molar-refractivity contribution in [2.75, 3.05) is 23.8 Å². The summed E-state index contributed by atoms with van der Waals surface area (Å²) in [6, 6.07) is 7.36. The minimum atomic E-state index is -0.137. The van der Waals surface area contributed by atoms with Crippen LogP contribution in [0.2, 0.25) is 0 Å². The fourth-order valence-corrected chi connectivity index (χ4v) is 2.04. The third-order valence-electron chi connectivity index (χ3n) is 2.29. The van der Waals surface area contributed by atoms with Crippen LogP contribution in [0.1, 0.15) is 6.92 Å². The molecule has 2 aromatic rings. The van der Waals surface area contributed by atoms with Crippen LogP contribution in [0.5, 0.6) is 5.75 Å². The molecule has 0 saturated heterocycles. The first-order chi connectivity index (χ1) is 9.29. The first-order valence-electron chi connectivity index (χ1n) is 5.94. The Morgan fingerprint density at radius 2 is 2.26 bits per heavy atom. The summed E-state index contributed by atoms with van der Waals surface area (Å²) in [6.45, 7) is 2.64. The molecule has 0 aliphatic carbocycles. The van der Waals surface area contributed by atoms with E-state index in [1.807, 2.05) is 36.6 Å². The summed E-state index contributed by atoms with van der Waals surface area (Å²) in [7, 11) is 0. The lowest BCUT2D eigenvalue weighted by Gasteiger charge is -2.11. The highest BCUT2D eigenvalue weighted by Gasteiger charge is 2.07. The molecule has 1 heterocycles. The maximum atomic E-state index is 11.8. The molecule has 0 aliphatic heterocycles. The molecule has 0 spiro atoms. The largest absolute Gasteiger partial charge is 0.492 e. The molecule has 19 heavy (non-hydrogen) atoms. The van der Waals surface area contributed by atoms with Crippen molar-refractivity contribution in [2.24, 2.45) is 0 Å². The number of rotatable bonds is 6. The normalized spacial score (nSPS) is 9.95. The lowest BCUT2D eigenvalue weighted by atomic mass is 10.3. The van der Waals surface area contributed by atoms with E-state index in [4.69, 9.17) is 4.74 Å². The summed E-state index contributed by atoms with van der Waals surface area (Å²) in [4.78, 5) is 15.9. The van der Waals surface area contributed by atoms with E-state index in [1.54, 1.807) is 6.20 Å². The van der Waals surface area contributed by atoms with Gasteiger partial charge < -0.3 is 15.4 Å². The van der Waals surface area contributed by atoms with Crippen LogP contribution in [0, 0.1) is 0 Å². The Balaban J connectivity index is 1.91. The Labute approximate surface area is 115 Å². The Morgan fingerprint density at radius 3 is 3.00 bits per heavy atom. The minimum absolute atomic E-state index is 0.137. The second-order valence-electron chi connectivity index (χ2n) is 3.67. The van der Waals surface area contributed by atoms with Crippen molar-refractivity contribution < 1.29 is 9.53 Å². The van der Waals surface area contributed by atoms with Crippen LogP contribution in [0.4, 0.5) is 10.8 Å². The highest BCUT2D eigenvalue weighted by atomic mass is 32.1. The van der Waals surface area contributed by atoms with Crippen molar-refractivity contribution in [2.45, 2.75) is 6.92 Å². The second-order valence-corrected chi connectivity index (χ2v) is 4.56. The Kier molecular flexibility index (Phi) is 4.74. The number of amides is 1. The fourth-order valence-electron chi connectivity index (χ4n) is 1.51. The van der Waals surface area contributed by atoms with E-state index < -0.39 is 0 Å². The van der Waals surface area contributed by atoms with E-state index in [2.05, 4.69) is 15.6 Å². The number of anilines is 2. The van der Waals surface area contributed by atoms with E-state index >= 15 is 0 Å². The maximum Gasteiger partial charge on any atom is 0.243 e. The zero-order valence-corrected chi connectivity index (χ0v) is 11.4. The van der Waals surface area contributed by atoms with Crippen LogP contribution in [0.3, 0.4) is 0 Å². The van der Waals surface area contributed by atoms with Crippen LogP contribution < -0.4 is 15.4 Å². The number of carbonyl (C=O) groups excluding carboxylic acids is 1. The number of benzene rings is 1. The fraction of sp³-hybridized carbons (Fsp3) is 0.231. The van der Waals surface area contributed by atoms with Crippen molar-refractivity contribution in [3.8, 4) is 5.75 Å². The number of aromatic nitrogens is 1. The molecule has 0 aliphatic rings. The molecule has 0 bridgehead atoms. The first kappa shape index (κ1) is 13.4. The summed E-state index contributed by atoms with van der Waals surface area (Å²) in [5.41, 5.74) is 0.676. The van der Waals surface area contributed by atoms with Crippen LogP contribution >= 0.6 is 11.3 Å². The second kappa shape index (κ2) is 6.75. The molecule has 2 N–H and O–H groups in total. The zero-order chi connectivity index (χ0) is 13.5. The molecule has 2 rings (SSSR count). The smallest absolute Gasteiger partial charge is 0.243 e. The van der Waals surface area contributed by atoms with Gasteiger partial charge in [0, 0.05) is 11.6 Å². The molecule has 1 aromatic carbocycles. The third kappa shape index (κ3) is 3.96. The van der Waals surface area contributed by atoms with E-state index in [0.717, 1.165) is 5.13 Å². The van der Waals surface area contributed by atoms with E-state index in [-0.39, 0.29) is 12.5 Å². The summed E-state index contributed by atoms with van der Waals surface area (Å²) in [6.07, 6.45) is 1.69. The molecule has 0 fully saturated rings. The van der Waals surface area contributed by atoms with Gasteiger partial charge in [0.05, 0.1) is 18.8 Å². The maximum absolute atomic E-state index is 11.8. The van der Waals surface area contributed by atoms with Gasteiger partial charge >= 0.3 is 0 Å². The number of thiazole rings is 1. The Hall–Kier alpha value is -2.08. The summed E-state index contributed by atoms with van der Waals surface area (Å²) >= 11 is 1.46. The summed E-state index contributed by atoms with van der Waals surface area (Å²) in [5, 5.41) is 8.34. The van der Waals surface area contributed by atoms with Gasteiger partial charge in [0.15, 0.2) is 5.13 Å². The van der Waals surface area contributed by atoms with Gasteiger partial charge in [-0.3, -0.25) is 4.79 Å². The van der Waals surface area contributed by atoms with Crippen molar-refractivity contribution in [3.05, 3.63) is 35.8 Å². The molecular formula is C13H15N3O2S. The molecule has 100 valence electrons. The number of nitrogens with zero attached hydrogens (tertiary/aromatic N) is 1.